The highest BCUT2D eigenvalue weighted by Crippen LogP contribution is 2.33. The molecule has 0 heterocycles. The van der Waals surface area contributed by atoms with Crippen molar-refractivity contribution < 1.29 is 36.7 Å². The van der Waals surface area contributed by atoms with Gasteiger partial charge >= 0.3 is 6.09 Å². The van der Waals surface area contributed by atoms with E-state index in [0.717, 1.165) is 30.7 Å². The van der Waals surface area contributed by atoms with Gasteiger partial charge in [0, 0.05) is 24.3 Å². The second kappa shape index (κ2) is 11.8. The number of carbonyl (C=O) groups excluding carboxylic acids is 1. The van der Waals surface area contributed by atoms with E-state index in [2.05, 4.69) is 10.2 Å². The summed E-state index contributed by atoms with van der Waals surface area (Å²) >= 11 is 0. The molecule has 7 nitrogen and oxygen atoms in total. The summed E-state index contributed by atoms with van der Waals surface area (Å²) in [5.41, 5.74) is -2.94. The number of benzene rings is 2. The van der Waals surface area contributed by atoms with Gasteiger partial charge < -0.3 is 9.47 Å². The molecule has 186 valence electrons. The number of ether oxygens (including phenoxy) is 2. The molecule has 1 amide bonds. The molecule has 11 heteroatoms. The predicted octanol–water partition coefficient (Wildman–Crippen LogP) is 7.53. The molecule has 0 radical (unpaired) electrons. The van der Waals surface area contributed by atoms with Crippen molar-refractivity contribution in [2.45, 2.75) is 53.1 Å². The number of hydroxylamine groups is 1. The Labute approximate surface area is 195 Å². The first-order chi connectivity index (χ1) is 16.0. The van der Waals surface area contributed by atoms with E-state index in [4.69, 9.17) is 14.3 Å². The highest BCUT2D eigenvalue weighted by molar-refractivity contribution is 5.86. The molecule has 0 saturated carbocycles. The lowest BCUT2D eigenvalue weighted by Crippen LogP contribution is -2.37. The zero-order valence-electron chi connectivity index (χ0n) is 19.6. The van der Waals surface area contributed by atoms with Gasteiger partial charge in [-0.05, 0) is 34.1 Å². The van der Waals surface area contributed by atoms with Crippen LogP contribution in [0.4, 0.5) is 39.4 Å². The number of carbonyl (C=O) groups is 1. The summed E-state index contributed by atoms with van der Waals surface area (Å²) in [5.74, 6) is -4.75. The van der Waals surface area contributed by atoms with Crippen LogP contribution in [-0.2, 0) is 9.57 Å². The summed E-state index contributed by atoms with van der Waals surface area (Å²) in [6, 6.07) is 3.33. The quantitative estimate of drug-likeness (QED) is 0.159. The maximum atomic E-state index is 14.6. The first kappa shape index (κ1) is 27.0. The molecule has 0 bridgehead atoms. The van der Waals surface area contributed by atoms with Gasteiger partial charge in [0.2, 0.25) is 0 Å². The molecular weight excluding hydrogens is 458 g/mol. The van der Waals surface area contributed by atoms with Crippen molar-refractivity contribution in [2.24, 2.45) is 10.2 Å². The van der Waals surface area contributed by atoms with Crippen LogP contribution in [0.3, 0.4) is 0 Å². The first-order valence-electron chi connectivity index (χ1n) is 10.7. The average molecular weight is 485 g/mol. The molecular formula is C23H27F4N3O4. The Hall–Kier alpha value is -3.21. The topological polar surface area (TPSA) is 72.7 Å². The Balaban J connectivity index is 2.32. The molecule has 0 aromatic heterocycles. The third-order valence-electron chi connectivity index (χ3n) is 4.06. The summed E-state index contributed by atoms with van der Waals surface area (Å²) < 4.78 is 68.2. The molecule has 2 rings (SSSR count). The van der Waals surface area contributed by atoms with Gasteiger partial charge in [-0.25, -0.2) is 22.4 Å². The Kier molecular flexibility index (Phi) is 9.36. The second-order valence-electron chi connectivity index (χ2n) is 8.09. The SMILES string of the molecule is CCCCOc1cc(F)c(N=Nc2c(F)cc(N(OCC)C(=O)OC(C)(C)C)cc2F)c(F)c1. The molecule has 0 spiro atoms. The minimum absolute atomic E-state index is 0.000643. The number of halogens is 4. The second-order valence-corrected chi connectivity index (χ2v) is 8.09. The van der Waals surface area contributed by atoms with Gasteiger partial charge in [-0.1, -0.05) is 13.3 Å². The fraction of sp³-hybridized carbons (Fsp3) is 0.435. The van der Waals surface area contributed by atoms with Gasteiger partial charge in [0.05, 0.1) is 18.9 Å². The summed E-state index contributed by atoms with van der Waals surface area (Å²) in [7, 11) is 0. The fourth-order valence-corrected chi connectivity index (χ4v) is 2.59. The van der Waals surface area contributed by atoms with Crippen LogP contribution in [0.25, 0.3) is 0 Å². The monoisotopic (exact) mass is 485 g/mol. The van der Waals surface area contributed by atoms with Crippen molar-refractivity contribution in [1.82, 2.24) is 0 Å². The molecule has 2 aromatic carbocycles. The first-order valence-corrected chi connectivity index (χ1v) is 10.7. The van der Waals surface area contributed by atoms with Crippen molar-refractivity contribution in [3.63, 3.8) is 0 Å². The van der Waals surface area contributed by atoms with Gasteiger partial charge in [-0.2, -0.15) is 5.06 Å². The van der Waals surface area contributed by atoms with Crippen LogP contribution in [0, 0.1) is 23.3 Å². The Morgan fingerprint density at radius 2 is 1.41 bits per heavy atom. The summed E-state index contributed by atoms with van der Waals surface area (Å²) in [6.07, 6.45) is 0.550. The lowest BCUT2D eigenvalue weighted by atomic mass is 10.2. The summed E-state index contributed by atoms with van der Waals surface area (Å²) in [4.78, 5) is 17.5. The number of nitrogens with zero attached hydrogens (tertiary/aromatic N) is 3. The smallest absolute Gasteiger partial charge is 0.439 e. The van der Waals surface area contributed by atoms with Crippen molar-refractivity contribution in [2.75, 3.05) is 18.3 Å². The van der Waals surface area contributed by atoms with E-state index in [-0.39, 0.29) is 24.7 Å². The number of unbranched alkanes of at least 4 members (excludes halogenated alkanes) is 1. The minimum atomic E-state index is -1.24. The van der Waals surface area contributed by atoms with Gasteiger partial charge in [0.1, 0.15) is 11.4 Å². The molecule has 0 aliphatic heterocycles. The number of anilines is 1. The maximum Gasteiger partial charge on any atom is 0.439 e. The third-order valence-corrected chi connectivity index (χ3v) is 4.06. The number of hydrogen-bond donors (Lipinski definition) is 0. The van der Waals surface area contributed by atoms with E-state index in [1.807, 2.05) is 6.92 Å². The van der Waals surface area contributed by atoms with Gasteiger partial charge in [-0.3, -0.25) is 4.84 Å². The van der Waals surface area contributed by atoms with Crippen molar-refractivity contribution in [3.8, 4) is 5.75 Å². The number of hydrogen-bond acceptors (Lipinski definition) is 6. The van der Waals surface area contributed by atoms with Gasteiger partial charge in [0.15, 0.2) is 34.6 Å². The highest BCUT2D eigenvalue weighted by Gasteiger charge is 2.26. The van der Waals surface area contributed by atoms with Crippen LogP contribution in [0.2, 0.25) is 0 Å². The van der Waals surface area contributed by atoms with E-state index in [1.165, 1.54) is 0 Å². The van der Waals surface area contributed by atoms with Crippen LogP contribution in [0.15, 0.2) is 34.5 Å². The Bertz CT molecular complexity index is 995. The minimum Gasteiger partial charge on any atom is -0.493 e. The molecule has 0 unspecified atom stereocenters. The molecule has 34 heavy (non-hydrogen) atoms. The van der Waals surface area contributed by atoms with Crippen molar-refractivity contribution >= 4 is 23.2 Å². The third kappa shape index (κ3) is 7.41. The lowest BCUT2D eigenvalue weighted by Gasteiger charge is -2.26. The fourth-order valence-electron chi connectivity index (χ4n) is 2.59. The van der Waals surface area contributed by atoms with Crippen LogP contribution in [0.5, 0.6) is 5.75 Å². The summed E-state index contributed by atoms with van der Waals surface area (Å²) in [5, 5.41) is 7.26. The van der Waals surface area contributed by atoms with E-state index >= 15 is 0 Å². The average Bonchev–Trinajstić information content (AvgIpc) is 2.71. The van der Waals surface area contributed by atoms with Crippen LogP contribution in [0.1, 0.15) is 47.5 Å². The molecule has 0 atom stereocenters. The van der Waals surface area contributed by atoms with E-state index in [9.17, 15) is 22.4 Å². The number of amides is 1. The van der Waals surface area contributed by atoms with Crippen LogP contribution < -0.4 is 9.80 Å². The van der Waals surface area contributed by atoms with Crippen molar-refractivity contribution in [3.05, 3.63) is 47.5 Å². The van der Waals surface area contributed by atoms with Crippen LogP contribution >= 0.6 is 0 Å². The normalized spacial score (nSPS) is 11.7. The molecule has 0 aliphatic carbocycles. The van der Waals surface area contributed by atoms with Gasteiger partial charge in [0.25, 0.3) is 0 Å². The largest absolute Gasteiger partial charge is 0.493 e. The summed E-state index contributed by atoms with van der Waals surface area (Å²) in [6.45, 7) is 8.62. The zero-order chi connectivity index (χ0) is 25.5. The van der Waals surface area contributed by atoms with Crippen LogP contribution in [-0.4, -0.2) is 24.9 Å². The Morgan fingerprint density at radius 1 is 0.912 bits per heavy atom. The predicted molar refractivity (Wildman–Crippen MR) is 118 cm³/mol. The van der Waals surface area contributed by atoms with Gasteiger partial charge in [-0.15, -0.1) is 10.2 Å². The highest BCUT2D eigenvalue weighted by atomic mass is 19.1. The van der Waals surface area contributed by atoms with E-state index < -0.39 is 46.3 Å². The molecule has 0 aliphatic rings. The lowest BCUT2D eigenvalue weighted by molar-refractivity contribution is 0.0250. The Morgan fingerprint density at radius 3 is 1.85 bits per heavy atom. The molecule has 0 N–H and O–H groups in total. The zero-order valence-corrected chi connectivity index (χ0v) is 19.6. The molecule has 0 saturated heterocycles. The van der Waals surface area contributed by atoms with Crippen molar-refractivity contribution in [1.29, 1.82) is 0 Å². The standard InChI is InChI=1S/C23H27F4N3O4/c1-6-8-9-32-15-12-18(26)21(19(27)13-15)29-28-20-16(24)10-14(11-17(20)25)30(33-7-2)22(31)34-23(3,4)5/h10-13H,6-9H2,1-5H3. The number of rotatable bonds is 9. The van der Waals surface area contributed by atoms with E-state index in [1.54, 1.807) is 27.7 Å². The molecule has 0 fully saturated rings. The van der Waals surface area contributed by atoms with E-state index in [0.29, 0.717) is 11.5 Å². The number of azo groups is 1. The maximum absolute atomic E-state index is 14.6. The molecule has 2 aromatic rings.